The number of aromatic nitrogens is 1. The summed E-state index contributed by atoms with van der Waals surface area (Å²) in [6.07, 6.45) is 3.86. The second-order valence-corrected chi connectivity index (χ2v) is 10.2. The van der Waals surface area contributed by atoms with Gasteiger partial charge >= 0.3 is 0 Å². The van der Waals surface area contributed by atoms with Gasteiger partial charge in [-0.2, -0.15) is 0 Å². The molecule has 3 aromatic rings. The topological polar surface area (TPSA) is 60.5 Å². The Bertz CT molecular complexity index is 1170. The number of rotatable bonds is 6. The molecule has 1 amide bonds. The van der Waals surface area contributed by atoms with E-state index in [4.69, 9.17) is 16.6 Å². The normalized spacial score (nSPS) is 17.2. The number of likely N-dealkylation sites (tertiary alicyclic amines) is 1. The van der Waals surface area contributed by atoms with Crippen molar-refractivity contribution in [3.8, 4) is 11.1 Å². The van der Waals surface area contributed by atoms with E-state index in [-0.39, 0.29) is 11.9 Å². The summed E-state index contributed by atoms with van der Waals surface area (Å²) in [7, 11) is 0. The van der Waals surface area contributed by atoms with Crippen molar-refractivity contribution in [2.45, 2.75) is 32.4 Å². The first kappa shape index (κ1) is 24.8. The molecule has 7 heteroatoms. The van der Waals surface area contributed by atoms with Crippen LogP contribution in [0.3, 0.4) is 0 Å². The van der Waals surface area contributed by atoms with Gasteiger partial charge in [-0.3, -0.25) is 9.69 Å². The van der Waals surface area contributed by atoms with Gasteiger partial charge in [0.25, 0.3) is 5.91 Å². The molecular weight excluding hydrogens is 470 g/mol. The van der Waals surface area contributed by atoms with E-state index in [9.17, 15) is 4.79 Å². The summed E-state index contributed by atoms with van der Waals surface area (Å²) in [5, 5.41) is 7.11. The third kappa shape index (κ3) is 5.89. The van der Waals surface area contributed by atoms with Gasteiger partial charge < -0.3 is 15.5 Å². The maximum absolute atomic E-state index is 13.1. The van der Waals surface area contributed by atoms with E-state index in [0.29, 0.717) is 10.6 Å². The number of amides is 1. The van der Waals surface area contributed by atoms with Crippen LogP contribution in [0, 0.1) is 6.92 Å². The van der Waals surface area contributed by atoms with E-state index in [1.807, 2.05) is 36.5 Å². The number of hydrogen-bond donors (Lipinski definition) is 2. The monoisotopic (exact) mass is 503 g/mol. The van der Waals surface area contributed by atoms with Crippen LogP contribution in [0.5, 0.6) is 0 Å². The molecular formula is C29H34ClN5O. The van der Waals surface area contributed by atoms with E-state index in [2.05, 4.69) is 51.6 Å². The molecule has 0 radical (unpaired) electrons. The predicted molar refractivity (Wildman–Crippen MR) is 147 cm³/mol. The average molecular weight is 504 g/mol. The quantitative estimate of drug-likeness (QED) is 0.518. The van der Waals surface area contributed by atoms with Crippen molar-refractivity contribution in [3.05, 3.63) is 82.5 Å². The van der Waals surface area contributed by atoms with Gasteiger partial charge in [0.1, 0.15) is 5.82 Å². The second-order valence-electron chi connectivity index (χ2n) is 9.82. The van der Waals surface area contributed by atoms with Crippen molar-refractivity contribution >= 4 is 23.3 Å². The van der Waals surface area contributed by atoms with Crippen LogP contribution in [-0.4, -0.2) is 61.1 Å². The van der Waals surface area contributed by atoms with E-state index < -0.39 is 0 Å². The number of carbonyl (C=O) groups excluding carboxylic acids is 1. The molecule has 2 aliphatic heterocycles. The number of pyridine rings is 1. The maximum Gasteiger partial charge on any atom is 0.253 e. The highest BCUT2D eigenvalue weighted by Gasteiger charge is 2.23. The summed E-state index contributed by atoms with van der Waals surface area (Å²) in [6, 6.07) is 18.4. The van der Waals surface area contributed by atoms with Gasteiger partial charge in [-0.15, -0.1) is 0 Å². The Balaban J connectivity index is 1.14. The lowest BCUT2D eigenvalue weighted by atomic mass is 10.0. The van der Waals surface area contributed by atoms with Crippen molar-refractivity contribution in [1.29, 1.82) is 0 Å². The Kier molecular flexibility index (Phi) is 7.85. The molecule has 0 bridgehead atoms. The van der Waals surface area contributed by atoms with E-state index >= 15 is 0 Å². The minimum Gasteiger partial charge on any atom is -0.354 e. The summed E-state index contributed by atoms with van der Waals surface area (Å²) in [5.41, 5.74) is 4.86. The Morgan fingerprint density at radius 1 is 1.03 bits per heavy atom. The molecule has 2 aliphatic rings. The lowest BCUT2D eigenvalue weighted by molar-refractivity contribution is 0.0909. The molecule has 0 spiro atoms. The van der Waals surface area contributed by atoms with Gasteiger partial charge in [-0.25, -0.2) is 4.98 Å². The Hall–Kier alpha value is -2.93. The highest BCUT2D eigenvalue weighted by Crippen LogP contribution is 2.31. The molecule has 188 valence electrons. The highest BCUT2D eigenvalue weighted by atomic mass is 35.5. The summed E-state index contributed by atoms with van der Waals surface area (Å²) < 4.78 is 0. The first-order chi connectivity index (χ1) is 17.6. The molecule has 2 aromatic carbocycles. The summed E-state index contributed by atoms with van der Waals surface area (Å²) >= 11 is 6.69. The number of carbonyl (C=O) groups is 1. The standard InChI is InChI=1S/C29H34ClN5O/c1-21-5-8-23(9-6-21)25-3-2-4-26(28(25)30)29(36)33-24-11-15-34(16-12-24)20-22-7-10-27(32-19-22)35-17-13-31-14-18-35/h2-10,19,24,31H,11-18,20H2,1H3,(H,33,36). The lowest BCUT2D eigenvalue weighted by Crippen LogP contribution is -2.44. The van der Waals surface area contributed by atoms with Gasteiger partial charge in [0.05, 0.1) is 10.6 Å². The molecule has 36 heavy (non-hydrogen) atoms. The predicted octanol–water partition coefficient (Wildman–Crippen LogP) is 4.51. The number of benzene rings is 2. The van der Waals surface area contributed by atoms with Crippen LogP contribution in [0.25, 0.3) is 11.1 Å². The Morgan fingerprint density at radius 3 is 2.47 bits per heavy atom. The van der Waals surface area contributed by atoms with E-state index in [1.54, 1.807) is 0 Å². The van der Waals surface area contributed by atoms with Crippen LogP contribution >= 0.6 is 11.6 Å². The average Bonchev–Trinajstić information content (AvgIpc) is 2.91. The van der Waals surface area contributed by atoms with Crippen LogP contribution in [0.2, 0.25) is 5.02 Å². The van der Waals surface area contributed by atoms with Crippen molar-refractivity contribution in [2.75, 3.05) is 44.2 Å². The third-order valence-electron chi connectivity index (χ3n) is 7.19. The van der Waals surface area contributed by atoms with Crippen LogP contribution in [0.15, 0.2) is 60.8 Å². The molecule has 0 saturated carbocycles. The molecule has 0 unspecified atom stereocenters. The zero-order valence-electron chi connectivity index (χ0n) is 20.8. The van der Waals surface area contributed by atoms with E-state index in [1.165, 1.54) is 11.1 Å². The molecule has 0 aliphatic carbocycles. The number of halogens is 1. The molecule has 2 N–H and O–H groups in total. The minimum absolute atomic E-state index is 0.0971. The number of piperazine rings is 1. The molecule has 2 fully saturated rings. The van der Waals surface area contributed by atoms with Gasteiger partial charge in [-0.05, 0) is 43.0 Å². The van der Waals surface area contributed by atoms with Crippen molar-refractivity contribution in [2.24, 2.45) is 0 Å². The molecule has 6 nitrogen and oxygen atoms in total. The second kappa shape index (κ2) is 11.4. The Morgan fingerprint density at radius 2 is 1.78 bits per heavy atom. The first-order valence-corrected chi connectivity index (χ1v) is 13.2. The number of piperidine rings is 1. The molecule has 2 saturated heterocycles. The Labute approximate surface area is 218 Å². The van der Waals surface area contributed by atoms with Gasteiger partial charge in [-0.1, -0.05) is 59.6 Å². The minimum atomic E-state index is -0.0971. The summed E-state index contributed by atoms with van der Waals surface area (Å²) in [5.74, 6) is 0.965. The molecule has 3 heterocycles. The third-order valence-corrected chi connectivity index (χ3v) is 7.59. The number of hydrogen-bond acceptors (Lipinski definition) is 5. The summed E-state index contributed by atoms with van der Waals surface area (Å²) in [6.45, 7) is 8.88. The highest BCUT2D eigenvalue weighted by molar-refractivity contribution is 6.36. The fraction of sp³-hybridized carbons (Fsp3) is 0.379. The number of aryl methyl sites for hydroxylation is 1. The van der Waals surface area contributed by atoms with Crippen molar-refractivity contribution in [1.82, 2.24) is 20.5 Å². The number of nitrogens with one attached hydrogen (secondary N) is 2. The van der Waals surface area contributed by atoms with Crippen LogP contribution < -0.4 is 15.5 Å². The zero-order valence-corrected chi connectivity index (χ0v) is 21.6. The number of nitrogens with zero attached hydrogens (tertiary/aromatic N) is 3. The number of anilines is 1. The van der Waals surface area contributed by atoms with Crippen LogP contribution in [-0.2, 0) is 6.54 Å². The van der Waals surface area contributed by atoms with Gasteiger partial charge in [0.15, 0.2) is 0 Å². The molecule has 5 rings (SSSR count). The zero-order chi connectivity index (χ0) is 24.9. The lowest BCUT2D eigenvalue weighted by Gasteiger charge is -2.32. The summed E-state index contributed by atoms with van der Waals surface area (Å²) in [4.78, 5) is 22.6. The van der Waals surface area contributed by atoms with Gasteiger partial charge in [0, 0.05) is 63.6 Å². The SMILES string of the molecule is Cc1ccc(-c2cccc(C(=O)NC3CCN(Cc4ccc(N5CCNCC5)nc4)CC3)c2Cl)cc1. The van der Waals surface area contributed by atoms with Crippen molar-refractivity contribution < 1.29 is 4.79 Å². The fourth-order valence-corrected chi connectivity index (χ4v) is 5.33. The fourth-order valence-electron chi connectivity index (χ4n) is 5.01. The molecule has 1 aromatic heterocycles. The van der Waals surface area contributed by atoms with Crippen molar-refractivity contribution in [3.63, 3.8) is 0 Å². The van der Waals surface area contributed by atoms with Gasteiger partial charge in [0.2, 0.25) is 0 Å². The molecule has 0 atom stereocenters. The smallest absolute Gasteiger partial charge is 0.253 e. The van der Waals surface area contributed by atoms with E-state index in [0.717, 1.165) is 75.6 Å². The van der Waals surface area contributed by atoms with Crippen LogP contribution in [0.1, 0.15) is 34.3 Å². The van der Waals surface area contributed by atoms with Crippen LogP contribution in [0.4, 0.5) is 5.82 Å². The first-order valence-electron chi connectivity index (χ1n) is 12.9. The maximum atomic E-state index is 13.1. The largest absolute Gasteiger partial charge is 0.354 e.